The van der Waals surface area contributed by atoms with Crippen LogP contribution in [0.1, 0.15) is 21.6 Å². The number of imidazole rings is 1. The van der Waals surface area contributed by atoms with E-state index in [-0.39, 0.29) is 0 Å². The first-order chi connectivity index (χ1) is 17.1. The zero-order valence-electron chi connectivity index (χ0n) is 19.3. The number of primary amides is 1. The number of nitrogens with zero attached hydrogens (tertiary/aromatic N) is 3. The summed E-state index contributed by atoms with van der Waals surface area (Å²) in [4.78, 5) is 17.1. The van der Waals surface area contributed by atoms with Crippen LogP contribution in [-0.2, 0) is 6.54 Å². The molecule has 0 aliphatic carbocycles. The fourth-order valence-corrected chi connectivity index (χ4v) is 4.99. The minimum atomic E-state index is -0.440. The molecule has 0 unspecified atom stereocenters. The lowest BCUT2D eigenvalue weighted by Crippen LogP contribution is -2.14. The maximum atomic E-state index is 12.6. The van der Waals surface area contributed by atoms with Gasteiger partial charge in [0, 0.05) is 17.5 Å². The lowest BCUT2D eigenvalue weighted by atomic mass is 9.96. The van der Waals surface area contributed by atoms with Gasteiger partial charge in [0.1, 0.15) is 5.82 Å². The van der Waals surface area contributed by atoms with Crippen molar-refractivity contribution in [3.8, 4) is 16.9 Å². The average Bonchev–Trinajstić information content (AvgIpc) is 3.47. The molecule has 4 aromatic carbocycles. The summed E-state index contributed by atoms with van der Waals surface area (Å²) >= 11 is 0. The molecule has 0 spiro atoms. The first-order valence-corrected chi connectivity index (χ1v) is 11.6. The largest absolute Gasteiger partial charge is 0.366 e. The van der Waals surface area contributed by atoms with Crippen LogP contribution < -0.4 is 5.73 Å². The number of benzene rings is 4. The Bertz CT molecular complexity index is 1720. The third-order valence-electron chi connectivity index (χ3n) is 6.68. The van der Waals surface area contributed by atoms with Crippen molar-refractivity contribution >= 4 is 27.5 Å². The highest BCUT2D eigenvalue weighted by Gasteiger charge is 2.22. The second-order valence-corrected chi connectivity index (χ2v) is 8.83. The van der Waals surface area contributed by atoms with Crippen LogP contribution >= 0.6 is 0 Å². The quantitative estimate of drug-likeness (QED) is 0.340. The summed E-state index contributed by atoms with van der Waals surface area (Å²) in [6.07, 6.45) is 5.66. The van der Waals surface area contributed by atoms with Crippen molar-refractivity contribution in [2.24, 2.45) is 5.73 Å². The van der Waals surface area contributed by atoms with Crippen molar-refractivity contribution in [2.45, 2.75) is 13.5 Å². The zero-order chi connectivity index (χ0) is 23.9. The third kappa shape index (κ3) is 3.58. The molecule has 2 aromatic heterocycles. The van der Waals surface area contributed by atoms with Crippen LogP contribution in [0.25, 0.3) is 38.5 Å². The SMILES string of the molecule is Cc1c(C(N)=O)c(-c2cccc3ccccc23)cn1-c1cncn1Cc1ccc2ccccc2c1. The van der Waals surface area contributed by atoms with Crippen LogP contribution in [0.15, 0.2) is 104 Å². The monoisotopic (exact) mass is 456 g/mol. The number of aromatic nitrogens is 3. The van der Waals surface area contributed by atoms with Gasteiger partial charge in [-0.2, -0.15) is 0 Å². The van der Waals surface area contributed by atoms with Crippen LogP contribution in [-0.4, -0.2) is 20.0 Å². The van der Waals surface area contributed by atoms with Gasteiger partial charge in [-0.15, -0.1) is 0 Å². The Morgan fingerprint density at radius 2 is 1.60 bits per heavy atom. The molecule has 6 aromatic rings. The fraction of sp³-hybridized carbons (Fsp3) is 0.0667. The number of hydrogen-bond donors (Lipinski definition) is 1. The molecule has 170 valence electrons. The van der Waals surface area contributed by atoms with Gasteiger partial charge in [0.2, 0.25) is 0 Å². The summed E-state index contributed by atoms with van der Waals surface area (Å²) in [5.74, 6) is 0.439. The Balaban J connectivity index is 1.47. The van der Waals surface area contributed by atoms with Gasteiger partial charge in [-0.3, -0.25) is 4.79 Å². The smallest absolute Gasteiger partial charge is 0.251 e. The molecule has 0 aliphatic rings. The second-order valence-electron chi connectivity index (χ2n) is 8.83. The average molecular weight is 457 g/mol. The molecule has 0 saturated carbocycles. The minimum Gasteiger partial charge on any atom is -0.366 e. The lowest BCUT2D eigenvalue weighted by Gasteiger charge is -2.12. The maximum Gasteiger partial charge on any atom is 0.251 e. The van der Waals surface area contributed by atoms with Crippen molar-refractivity contribution in [1.29, 1.82) is 0 Å². The Morgan fingerprint density at radius 3 is 2.43 bits per heavy atom. The standard InChI is InChI=1S/C30H24N4O/c1-20-29(30(31)35)27(26-12-6-10-23-8-4-5-11-25(23)26)18-34(20)28-16-32-19-33(28)17-21-13-14-22-7-2-3-9-24(22)15-21/h2-16,18-19H,17H2,1H3,(H2,31,35). The lowest BCUT2D eigenvalue weighted by molar-refractivity contribution is 0.100. The summed E-state index contributed by atoms with van der Waals surface area (Å²) < 4.78 is 4.11. The molecule has 6 rings (SSSR count). The molecule has 5 heteroatoms. The Kier molecular flexibility index (Phi) is 4.96. The van der Waals surface area contributed by atoms with Crippen molar-refractivity contribution in [2.75, 3.05) is 0 Å². The van der Waals surface area contributed by atoms with Crippen LogP contribution in [0.4, 0.5) is 0 Å². The summed E-state index contributed by atoms with van der Waals surface area (Å²) in [5, 5.41) is 4.62. The number of amides is 1. The van der Waals surface area contributed by atoms with E-state index in [2.05, 4.69) is 70.2 Å². The first kappa shape index (κ1) is 20.9. The summed E-state index contributed by atoms with van der Waals surface area (Å²) in [5.41, 5.74) is 10.2. The molecular weight excluding hydrogens is 432 g/mol. The molecule has 0 atom stereocenters. The molecule has 1 amide bonds. The molecule has 2 heterocycles. The van der Waals surface area contributed by atoms with E-state index in [1.807, 2.05) is 54.5 Å². The van der Waals surface area contributed by atoms with Crippen LogP contribution in [0.5, 0.6) is 0 Å². The minimum absolute atomic E-state index is 0.440. The van der Waals surface area contributed by atoms with Gasteiger partial charge < -0.3 is 14.9 Å². The molecule has 0 saturated heterocycles. The van der Waals surface area contributed by atoms with E-state index in [1.54, 1.807) is 0 Å². The molecule has 0 aliphatic heterocycles. The zero-order valence-corrected chi connectivity index (χ0v) is 19.3. The predicted octanol–water partition coefficient (Wildman–Crippen LogP) is 6.10. The fourth-order valence-electron chi connectivity index (χ4n) is 4.99. The van der Waals surface area contributed by atoms with Crippen LogP contribution in [0, 0.1) is 6.92 Å². The highest BCUT2D eigenvalue weighted by Crippen LogP contribution is 2.34. The van der Waals surface area contributed by atoms with E-state index >= 15 is 0 Å². The molecule has 35 heavy (non-hydrogen) atoms. The van der Waals surface area contributed by atoms with Gasteiger partial charge in [-0.25, -0.2) is 4.98 Å². The topological polar surface area (TPSA) is 65.8 Å². The highest BCUT2D eigenvalue weighted by atomic mass is 16.1. The van der Waals surface area contributed by atoms with Gasteiger partial charge in [0.05, 0.1) is 24.6 Å². The second kappa shape index (κ2) is 8.29. The molecule has 5 nitrogen and oxygen atoms in total. The van der Waals surface area contributed by atoms with Gasteiger partial charge in [0.15, 0.2) is 0 Å². The number of nitrogens with two attached hydrogens (primary N) is 1. The van der Waals surface area contributed by atoms with Crippen LogP contribution in [0.2, 0.25) is 0 Å². The van der Waals surface area contributed by atoms with Crippen molar-refractivity contribution < 1.29 is 4.79 Å². The Labute approximate surface area is 203 Å². The third-order valence-corrected chi connectivity index (χ3v) is 6.68. The summed E-state index contributed by atoms with van der Waals surface area (Å²) in [6.45, 7) is 2.59. The van der Waals surface area contributed by atoms with E-state index in [0.717, 1.165) is 33.4 Å². The highest BCUT2D eigenvalue weighted by molar-refractivity contribution is 6.06. The number of carbonyl (C=O) groups excluding carboxylic acids is 1. The van der Waals surface area contributed by atoms with E-state index < -0.39 is 5.91 Å². The number of rotatable bonds is 5. The predicted molar refractivity (Wildman–Crippen MR) is 141 cm³/mol. The van der Waals surface area contributed by atoms with E-state index in [1.165, 1.54) is 16.3 Å². The van der Waals surface area contributed by atoms with Crippen molar-refractivity contribution in [3.05, 3.63) is 120 Å². The van der Waals surface area contributed by atoms with Crippen molar-refractivity contribution in [1.82, 2.24) is 14.1 Å². The number of hydrogen-bond acceptors (Lipinski definition) is 2. The molecular formula is C30H24N4O. The van der Waals surface area contributed by atoms with E-state index in [0.29, 0.717) is 12.1 Å². The molecule has 2 N–H and O–H groups in total. The van der Waals surface area contributed by atoms with Gasteiger partial charge in [0.25, 0.3) is 5.91 Å². The summed E-state index contributed by atoms with van der Waals surface area (Å²) in [6, 6.07) is 29.1. The van der Waals surface area contributed by atoms with Gasteiger partial charge >= 0.3 is 0 Å². The Hall–Kier alpha value is -4.64. The number of fused-ring (bicyclic) bond motifs is 2. The maximum absolute atomic E-state index is 12.6. The van der Waals surface area contributed by atoms with Crippen molar-refractivity contribution in [3.63, 3.8) is 0 Å². The summed E-state index contributed by atoms with van der Waals surface area (Å²) in [7, 11) is 0. The molecule has 0 radical (unpaired) electrons. The van der Waals surface area contributed by atoms with Crippen LogP contribution in [0.3, 0.4) is 0 Å². The van der Waals surface area contributed by atoms with Gasteiger partial charge in [-0.05, 0) is 45.7 Å². The number of carbonyl (C=O) groups is 1. The Morgan fingerprint density at radius 1 is 0.857 bits per heavy atom. The first-order valence-electron chi connectivity index (χ1n) is 11.6. The molecule has 0 fully saturated rings. The van der Waals surface area contributed by atoms with E-state index in [4.69, 9.17) is 5.73 Å². The molecule has 0 bridgehead atoms. The van der Waals surface area contributed by atoms with Gasteiger partial charge in [-0.1, -0.05) is 78.9 Å². The van der Waals surface area contributed by atoms with E-state index in [9.17, 15) is 4.79 Å². The normalized spacial score (nSPS) is 11.3.